The van der Waals surface area contributed by atoms with Crippen LogP contribution in [0.3, 0.4) is 0 Å². The molecule has 0 aliphatic rings. The van der Waals surface area contributed by atoms with Gasteiger partial charge in [0, 0.05) is 4.88 Å². The molecular formula is C13H15BrClNS2. The van der Waals surface area contributed by atoms with Gasteiger partial charge in [0.15, 0.2) is 0 Å². The van der Waals surface area contributed by atoms with Crippen molar-refractivity contribution >= 4 is 50.2 Å². The quantitative estimate of drug-likeness (QED) is 0.725. The van der Waals surface area contributed by atoms with E-state index in [-0.39, 0.29) is 6.04 Å². The van der Waals surface area contributed by atoms with Crippen molar-refractivity contribution in [1.82, 2.24) is 5.32 Å². The van der Waals surface area contributed by atoms with Crippen LogP contribution in [0.15, 0.2) is 21.3 Å². The first-order valence-electron chi connectivity index (χ1n) is 5.85. The van der Waals surface area contributed by atoms with Gasteiger partial charge in [-0.2, -0.15) is 0 Å². The molecule has 2 aromatic rings. The number of hydrogen-bond acceptors (Lipinski definition) is 3. The van der Waals surface area contributed by atoms with Crippen LogP contribution >= 0.6 is 50.2 Å². The average Bonchev–Trinajstić information content (AvgIpc) is 2.88. The number of thiophene rings is 2. The molecule has 0 saturated heterocycles. The molecule has 1 nitrogen and oxygen atoms in total. The lowest BCUT2D eigenvalue weighted by molar-refractivity contribution is 0.607. The molecule has 0 saturated carbocycles. The zero-order chi connectivity index (χ0) is 13.1. The normalized spacial score (nSPS) is 12.9. The fourth-order valence-corrected chi connectivity index (χ4v) is 4.30. The van der Waals surface area contributed by atoms with Crippen LogP contribution in [0.1, 0.15) is 35.4 Å². The summed E-state index contributed by atoms with van der Waals surface area (Å²) in [5.74, 6) is 0. The summed E-state index contributed by atoms with van der Waals surface area (Å²) < 4.78 is 2.06. The lowest BCUT2D eigenvalue weighted by atomic mass is 10.1. The van der Waals surface area contributed by atoms with Gasteiger partial charge in [-0.3, -0.25) is 0 Å². The van der Waals surface area contributed by atoms with Crippen LogP contribution in [0.5, 0.6) is 0 Å². The second-order valence-electron chi connectivity index (χ2n) is 4.18. The van der Waals surface area contributed by atoms with Crippen molar-refractivity contribution in [2.75, 3.05) is 6.54 Å². The number of halogens is 2. The Labute approximate surface area is 129 Å². The largest absolute Gasteiger partial charge is 0.306 e. The summed E-state index contributed by atoms with van der Waals surface area (Å²) in [6.07, 6.45) is 1.12. The summed E-state index contributed by atoms with van der Waals surface area (Å²) in [7, 11) is 0. The molecule has 0 aliphatic heterocycles. The number of hydrogen-bond donors (Lipinski definition) is 1. The molecule has 1 N–H and O–H groups in total. The highest BCUT2D eigenvalue weighted by molar-refractivity contribution is 9.11. The highest BCUT2D eigenvalue weighted by Gasteiger charge is 2.18. The van der Waals surface area contributed by atoms with Crippen LogP contribution in [-0.4, -0.2) is 6.54 Å². The molecule has 1 atom stereocenters. The van der Waals surface area contributed by atoms with Crippen LogP contribution in [-0.2, 0) is 0 Å². The fourth-order valence-electron chi connectivity index (χ4n) is 1.77. The van der Waals surface area contributed by atoms with E-state index in [2.05, 4.69) is 52.6 Å². The van der Waals surface area contributed by atoms with Gasteiger partial charge < -0.3 is 5.32 Å². The van der Waals surface area contributed by atoms with Gasteiger partial charge in [-0.25, -0.2) is 0 Å². The lowest BCUT2D eigenvalue weighted by Crippen LogP contribution is -2.21. The molecule has 0 spiro atoms. The second kappa shape index (κ2) is 6.53. The van der Waals surface area contributed by atoms with Crippen molar-refractivity contribution in [2.45, 2.75) is 26.3 Å². The summed E-state index contributed by atoms with van der Waals surface area (Å²) in [5, 5.41) is 5.79. The minimum absolute atomic E-state index is 0.253. The summed E-state index contributed by atoms with van der Waals surface area (Å²) in [6, 6.07) is 4.62. The Morgan fingerprint density at radius 3 is 2.72 bits per heavy atom. The molecule has 2 rings (SSSR count). The standard InChI is InChI=1S/C13H15BrClNS2/c1-3-4-16-12(9-6-11(14)17-7-9)10-5-8(2)13(15)18-10/h5-7,12,16H,3-4H2,1-2H3. The van der Waals surface area contributed by atoms with E-state index in [1.54, 1.807) is 22.7 Å². The van der Waals surface area contributed by atoms with Crippen LogP contribution in [0.2, 0.25) is 4.34 Å². The van der Waals surface area contributed by atoms with E-state index in [0.717, 1.165) is 22.9 Å². The zero-order valence-electron chi connectivity index (χ0n) is 10.3. The predicted molar refractivity (Wildman–Crippen MR) is 86.2 cm³/mol. The molecular weight excluding hydrogens is 350 g/mol. The Bertz CT molecular complexity index is 501. The van der Waals surface area contributed by atoms with Gasteiger partial charge in [-0.1, -0.05) is 18.5 Å². The average molecular weight is 365 g/mol. The molecule has 0 bridgehead atoms. The van der Waals surface area contributed by atoms with Gasteiger partial charge >= 0.3 is 0 Å². The number of nitrogens with one attached hydrogen (secondary N) is 1. The van der Waals surface area contributed by atoms with Gasteiger partial charge in [0.2, 0.25) is 0 Å². The molecule has 0 fully saturated rings. The van der Waals surface area contributed by atoms with Crippen molar-refractivity contribution in [3.63, 3.8) is 0 Å². The third-order valence-electron chi connectivity index (χ3n) is 2.68. The van der Waals surface area contributed by atoms with Crippen LogP contribution < -0.4 is 5.32 Å². The monoisotopic (exact) mass is 363 g/mol. The predicted octanol–water partition coefficient (Wildman–Crippen LogP) is 5.62. The van der Waals surface area contributed by atoms with Crippen LogP contribution in [0, 0.1) is 6.92 Å². The Hall–Kier alpha value is 0.130. The Kier molecular flexibility index (Phi) is 5.27. The Morgan fingerprint density at radius 1 is 1.44 bits per heavy atom. The maximum atomic E-state index is 6.18. The molecule has 1 unspecified atom stereocenters. The third kappa shape index (κ3) is 3.36. The first-order chi connectivity index (χ1) is 8.61. The molecule has 18 heavy (non-hydrogen) atoms. The smallest absolute Gasteiger partial charge is 0.0961 e. The molecule has 0 aromatic carbocycles. The first kappa shape index (κ1) is 14.5. The summed E-state index contributed by atoms with van der Waals surface area (Å²) >= 11 is 13.1. The lowest BCUT2D eigenvalue weighted by Gasteiger charge is -2.15. The molecule has 5 heteroatoms. The summed E-state index contributed by atoms with van der Waals surface area (Å²) in [6.45, 7) is 5.25. The van der Waals surface area contributed by atoms with Crippen molar-refractivity contribution < 1.29 is 0 Å². The molecule has 2 heterocycles. The van der Waals surface area contributed by atoms with E-state index in [4.69, 9.17) is 11.6 Å². The highest BCUT2D eigenvalue weighted by atomic mass is 79.9. The van der Waals surface area contributed by atoms with Gasteiger partial charge in [-0.05, 0) is 64.5 Å². The molecule has 98 valence electrons. The van der Waals surface area contributed by atoms with Gasteiger partial charge in [0.05, 0.1) is 14.2 Å². The number of aryl methyl sites for hydroxylation is 1. The van der Waals surface area contributed by atoms with Gasteiger partial charge in [0.25, 0.3) is 0 Å². The SMILES string of the molecule is CCCNC(c1csc(Br)c1)c1cc(C)c(Cl)s1. The molecule has 0 amide bonds. The van der Waals surface area contributed by atoms with E-state index in [9.17, 15) is 0 Å². The van der Waals surface area contributed by atoms with E-state index in [1.165, 1.54) is 14.2 Å². The highest BCUT2D eigenvalue weighted by Crippen LogP contribution is 2.36. The number of rotatable bonds is 5. The molecule has 0 radical (unpaired) electrons. The minimum Gasteiger partial charge on any atom is -0.306 e. The summed E-state index contributed by atoms with van der Waals surface area (Å²) in [4.78, 5) is 1.29. The van der Waals surface area contributed by atoms with Crippen molar-refractivity contribution in [3.8, 4) is 0 Å². The minimum atomic E-state index is 0.253. The first-order valence-corrected chi connectivity index (χ1v) is 8.71. The van der Waals surface area contributed by atoms with E-state index in [1.807, 2.05) is 0 Å². The van der Waals surface area contributed by atoms with Crippen molar-refractivity contribution in [1.29, 1.82) is 0 Å². The van der Waals surface area contributed by atoms with E-state index in [0.29, 0.717) is 0 Å². The molecule has 2 aromatic heterocycles. The maximum Gasteiger partial charge on any atom is 0.0961 e. The maximum absolute atomic E-state index is 6.18. The van der Waals surface area contributed by atoms with E-state index >= 15 is 0 Å². The van der Waals surface area contributed by atoms with Crippen molar-refractivity contribution in [2.24, 2.45) is 0 Å². The topological polar surface area (TPSA) is 12.0 Å². The second-order valence-corrected chi connectivity index (χ2v) is 8.15. The molecule has 0 aliphatic carbocycles. The van der Waals surface area contributed by atoms with Crippen LogP contribution in [0.25, 0.3) is 0 Å². The van der Waals surface area contributed by atoms with Crippen LogP contribution in [0.4, 0.5) is 0 Å². The van der Waals surface area contributed by atoms with Crippen molar-refractivity contribution in [3.05, 3.63) is 41.6 Å². The Balaban J connectivity index is 2.30. The Morgan fingerprint density at radius 2 is 2.22 bits per heavy atom. The van der Waals surface area contributed by atoms with Gasteiger partial charge in [-0.15, -0.1) is 22.7 Å². The zero-order valence-corrected chi connectivity index (χ0v) is 14.3. The van der Waals surface area contributed by atoms with Gasteiger partial charge in [0.1, 0.15) is 0 Å². The summed E-state index contributed by atoms with van der Waals surface area (Å²) in [5.41, 5.74) is 2.47. The third-order valence-corrected chi connectivity index (χ3v) is 5.82. The fraction of sp³-hybridized carbons (Fsp3) is 0.385. The van der Waals surface area contributed by atoms with E-state index < -0.39 is 0 Å².